The number of rotatable bonds is 6. The first-order valence-corrected chi connectivity index (χ1v) is 10.3. The van der Waals surface area contributed by atoms with Crippen LogP contribution < -0.4 is 15.4 Å². The zero-order valence-corrected chi connectivity index (χ0v) is 17.0. The van der Waals surface area contributed by atoms with Crippen LogP contribution in [-0.2, 0) is 25.7 Å². The summed E-state index contributed by atoms with van der Waals surface area (Å²) in [5.74, 6) is -1.15. The molecule has 1 spiro atoms. The maximum atomic E-state index is 13.4. The molecule has 2 N–H and O–H groups in total. The monoisotopic (exact) mass is 411 g/mol. The highest BCUT2D eigenvalue weighted by Gasteiger charge is 2.73. The van der Waals surface area contributed by atoms with Gasteiger partial charge < -0.3 is 25.0 Å². The van der Waals surface area contributed by atoms with Crippen LogP contribution in [0.5, 0.6) is 5.75 Å². The number of carbonyl (C=O) groups is 3. The average Bonchev–Trinajstić information content (AvgIpc) is 3.36. The maximum absolute atomic E-state index is 13.4. The summed E-state index contributed by atoms with van der Waals surface area (Å²) in [6, 6.07) is 6.72. The molecule has 2 bridgehead atoms. The van der Waals surface area contributed by atoms with Gasteiger partial charge in [0.1, 0.15) is 17.4 Å². The van der Waals surface area contributed by atoms with Crippen molar-refractivity contribution in [3.8, 4) is 5.75 Å². The van der Waals surface area contributed by atoms with E-state index in [-0.39, 0.29) is 23.8 Å². The normalized spacial score (nSPS) is 33.5. The molecule has 3 heterocycles. The Kier molecular flexibility index (Phi) is 4.36. The number of hydrogen-bond acceptors (Lipinski definition) is 5. The summed E-state index contributed by atoms with van der Waals surface area (Å²) in [5.41, 5.74) is -0.151. The number of carbonyl (C=O) groups excluding carboxylic acids is 3. The third kappa shape index (κ3) is 2.66. The molecule has 2 saturated heterocycles. The van der Waals surface area contributed by atoms with E-state index in [9.17, 15) is 14.4 Å². The number of nitrogens with one attached hydrogen (secondary N) is 2. The average molecular weight is 411 g/mol. The van der Waals surface area contributed by atoms with E-state index in [1.165, 1.54) is 0 Å². The van der Waals surface area contributed by atoms with Crippen molar-refractivity contribution in [3.63, 3.8) is 0 Å². The summed E-state index contributed by atoms with van der Waals surface area (Å²) in [6.07, 6.45) is 4.92. The van der Waals surface area contributed by atoms with Crippen LogP contribution in [0.25, 0.3) is 0 Å². The lowest BCUT2D eigenvalue weighted by Crippen LogP contribution is -2.55. The van der Waals surface area contributed by atoms with Gasteiger partial charge in [-0.1, -0.05) is 24.3 Å². The zero-order chi connectivity index (χ0) is 21.0. The van der Waals surface area contributed by atoms with Gasteiger partial charge in [-0.2, -0.15) is 0 Å². The number of hydrogen-bond donors (Lipinski definition) is 2. The van der Waals surface area contributed by atoms with Gasteiger partial charge in [0.25, 0.3) is 0 Å². The molecular formula is C22H25N3O5. The van der Waals surface area contributed by atoms with E-state index in [2.05, 4.69) is 10.6 Å². The van der Waals surface area contributed by atoms with Crippen molar-refractivity contribution < 1.29 is 23.9 Å². The van der Waals surface area contributed by atoms with Crippen LogP contribution in [0.2, 0.25) is 0 Å². The summed E-state index contributed by atoms with van der Waals surface area (Å²) in [6.45, 7) is 0.332. The molecule has 3 fully saturated rings. The van der Waals surface area contributed by atoms with E-state index in [0.717, 1.165) is 24.2 Å². The Bertz CT molecular complexity index is 925. The smallest absolute Gasteiger partial charge is 0.246 e. The van der Waals surface area contributed by atoms with Crippen LogP contribution in [0.3, 0.4) is 0 Å². The van der Waals surface area contributed by atoms with E-state index in [4.69, 9.17) is 9.47 Å². The molecule has 5 rings (SSSR count). The largest absolute Gasteiger partial charge is 0.497 e. The summed E-state index contributed by atoms with van der Waals surface area (Å²) < 4.78 is 11.4. The van der Waals surface area contributed by atoms with Gasteiger partial charge in [-0.05, 0) is 30.5 Å². The predicted molar refractivity (Wildman–Crippen MR) is 106 cm³/mol. The number of benzene rings is 1. The van der Waals surface area contributed by atoms with Gasteiger partial charge in [0.2, 0.25) is 17.7 Å². The van der Waals surface area contributed by atoms with Crippen LogP contribution in [0.4, 0.5) is 0 Å². The quantitative estimate of drug-likeness (QED) is 0.660. The molecule has 8 nitrogen and oxygen atoms in total. The minimum absolute atomic E-state index is 0.0376. The summed E-state index contributed by atoms with van der Waals surface area (Å²) >= 11 is 0. The molecule has 30 heavy (non-hydrogen) atoms. The number of nitrogens with zero attached hydrogens (tertiary/aromatic N) is 1. The SMILES string of the molecule is CNC(=O)[C@H]1[C@@H]2C=C[C@]3(O2)[C@@H]1C(=O)N(C1CC1)[C@@H]3C(=O)NCc1ccc(OC)cc1. The van der Waals surface area contributed by atoms with Crippen molar-refractivity contribution >= 4 is 17.7 Å². The highest BCUT2D eigenvalue weighted by molar-refractivity contribution is 6.00. The lowest BCUT2D eigenvalue weighted by atomic mass is 9.74. The molecule has 0 unspecified atom stereocenters. The first-order valence-electron chi connectivity index (χ1n) is 10.3. The molecule has 0 aromatic heterocycles. The molecule has 5 atom stereocenters. The number of likely N-dealkylation sites (tertiary alicyclic amines) is 1. The molecule has 158 valence electrons. The summed E-state index contributed by atoms with van der Waals surface area (Å²) in [7, 11) is 3.16. The van der Waals surface area contributed by atoms with Crippen molar-refractivity contribution in [1.29, 1.82) is 0 Å². The predicted octanol–water partition coefficient (Wildman–Crippen LogP) is 0.370. The van der Waals surface area contributed by atoms with Crippen molar-refractivity contribution in [3.05, 3.63) is 42.0 Å². The number of fused-ring (bicyclic) bond motifs is 1. The molecular weight excluding hydrogens is 386 g/mol. The molecule has 3 amide bonds. The summed E-state index contributed by atoms with van der Waals surface area (Å²) in [5, 5.41) is 5.62. The van der Waals surface area contributed by atoms with Gasteiger partial charge in [0, 0.05) is 19.6 Å². The second kappa shape index (κ2) is 6.84. The Morgan fingerprint density at radius 2 is 1.97 bits per heavy atom. The highest BCUT2D eigenvalue weighted by Crippen LogP contribution is 2.56. The third-order valence-corrected chi connectivity index (χ3v) is 6.68. The zero-order valence-electron chi connectivity index (χ0n) is 17.0. The van der Waals surface area contributed by atoms with Crippen LogP contribution >= 0.6 is 0 Å². The number of methoxy groups -OCH3 is 1. The number of ether oxygens (including phenoxy) is 2. The Morgan fingerprint density at radius 1 is 1.23 bits per heavy atom. The van der Waals surface area contributed by atoms with E-state index in [0.29, 0.717) is 6.54 Å². The van der Waals surface area contributed by atoms with Crippen LogP contribution in [0.1, 0.15) is 18.4 Å². The topological polar surface area (TPSA) is 97.0 Å². The van der Waals surface area contributed by atoms with Crippen LogP contribution in [0, 0.1) is 11.8 Å². The first-order chi connectivity index (χ1) is 14.5. The Balaban J connectivity index is 1.41. The standard InChI is InChI=1S/C22H25N3O5/c1-23-19(26)16-15-9-10-22(30-15)17(16)21(28)25(13-5-6-13)18(22)20(27)24-11-12-3-7-14(29-2)8-4-12/h3-4,7-10,13,15-18H,5-6,11H2,1-2H3,(H,23,26)(H,24,27)/t15-,16-,17-,18+,22-/m0/s1. The van der Waals surface area contributed by atoms with Gasteiger partial charge in [0.15, 0.2) is 0 Å². The molecule has 8 heteroatoms. The van der Waals surface area contributed by atoms with E-state index in [1.54, 1.807) is 19.1 Å². The number of amides is 3. The van der Waals surface area contributed by atoms with Gasteiger partial charge in [0.05, 0.1) is 25.0 Å². The fraction of sp³-hybridized carbons (Fsp3) is 0.500. The molecule has 1 aromatic rings. The van der Waals surface area contributed by atoms with Gasteiger partial charge >= 0.3 is 0 Å². The van der Waals surface area contributed by atoms with Crippen molar-refractivity contribution in [1.82, 2.24) is 15.5 Å². The summed E-state index contributed by atoms with van der Waals surface area (Å²) in [4.78, 5) is 40.9. The van der Waals surface area contributed by atoms with Crippen molar-refractivity contribution in [2.24, 2.45) is 11.8 Å². The molecule has 1 aromatic carbocycles. The minimum Gasteiger partial charge on any atom is -0.497 e. The van der Waals surface area contributed by atoms with E-state index < -0.39 is 29.6 Å². The van der Waals surface area contributed by atoms with Crippen molar-refractivity contribution in [2.45, 2.75) is 43.2 Å². The third-order valence-electron chi connectivity index (χ3n) is 6.68. The van der Waals surface area contributed by atoms with Crippen LogP contribution in [0.15, 0.2) is 36.4 Å². The van der Waals surface area contributed by atoms with E-state index >= 15 is 0 Å². The molecule has 1 aliphatic carbocycles. The van der Waals surface area contributed by atoms with Gasteiger partial charge in [-0.3, -0.25) is 14.4 Å². The Morgan fingerprint density at radius 3 is 2.60 bits per heavy atom. The molecule has 4 aliphatic rings. The van der Waals surface area contributed by atoms with Crippen molar-refractivity contribution in [2.75, 3.05) is 14.2 Å². The molecule has 3 aliphatic heterocycles. The van der Waals surface area contributed by atoms with E-state index in [1.807, 2.05) is 36.4 Å². The highest BCUT2D eigenvalue weighted by atomic mass is 16.5. The fourth-order valence-corrected chi connectivity index (χ4v) is 5.15. The van der Waals surface area contributed by atoms with Crippen LogP contribution in [-0.4, -0.2) is 60.6 Å². The van der Waals surface area contributed by atoms with Gasteiger partial charge in [-0.15, -0.1) is 0 Å². The van der Waals surface area contributed by atoms with Gasteiger partial charge in [-0.25, -0.2) is 0 Å². The minimum atomic E-state index is -1.08. The second-order valence-corrected chi connectivity index (χ2v) is 8.36. The lowest BCUT2D eigenvalue weighted by molar-refractivity contribution is -0.142. The maximum Gasteiger partial charge on any atom is 0.246 e. The Hall–Kier alpha value is -2.87. The first kappa shape index (κ1) is 19.1. The fourth-order valence-electron chi connectivity index (χ4n) is 5.15. The molecule has 1 saturated carbocycles. The second-order valence-electron chi connectivity index (χ2n) is 8.36. The Labute approximate surface area is 174 Å². The molecule has 0 radical (unpaired) electrons. The lowest BCUT2D eigenvalue weighted by Gasteiger charge is -2.32.